The van der Waals surface area contributed by atoms with Crippen LogP contribution in [-0.2, 0) is 19.6 Å². The Bertz CT molecular complexity index is 1090. The third-order valence-corrected chi connectivity index (χ3v) is 6.89. The molecule has 0 bridgehead atoms. The summed E-state index contributed by atoms with van der Waals surface area (Å²) in [6.45, 7) is 3.68. The molecule has 1 fully saturated rings. The highest BCUT2D eigenvalue weighted by Crippen LogP contribution is 2.31. The number of rotatable bonds is 7. The summed E-state index contributed by atoms with van der Waals surface area (Å²) < 4.78 is 29.1. The third kappa shape index (κ3) is 5.29. The number of thioether (sulfide) groups is 1. The average molecular weight is 464 g/mol. The molecule has 1 aliphatic rings. The van der Waals surface area contributed by atoms with Crippen molar-refractivity contribution < 1.29 is 18.0 Å². The lowest BCUT2D eigenvalue weighted by molar-refractivity contribution is -0.127. The quantitative estimate of drug-likeness (QED) is 0.633. The predicted molar refractivity (Wildman–Crippen MR) is 119 cm³/mol. The van der Waals surface area contributed by atoms with E-state index in [1.807, 2.05) is 6.07 Å². The topological polar surface area (TPSA) is 95.9 Å². The van der Waals surface area contributed by atoms with Crippen molar-refractivity contribution in [2.45, 2.75) is 16.6 Å². The molecule has 3 rings (SSSR count). The Kier molecular flexibility index (Phi) is 6.96. The number of amides is 2. The molecule has 156 valence electrons. The maximum Gasteiger partial charge on any atom is 0.284 e. The first-order chi connectivity index (χ1) is 14.3. The Hall–Kier alpha value is -2.62. The first-order valence-corrected chi connectivity index (χ1v) is 11.5. The van der Waals surface area contributed by atoms with E-state index in [4.69, 9.17) is 11.6 Å². The van der Waals surface area contributed by atoms with Crippen LogP contribution in [0.25, 0.3) is 0 Å². The Morgan fingerprint density at radius 3 is 2.50 bits per heavy atom. The maximum absolute atomic E-state index is 12.7. The second kappa shape index (κ2) is 9.46. The van der Waals surface area contributed by atoms with E-state index in [0.717, 1.165) is 11.8 Å². The van der Waals surface area contributed by atoms with E-state index in [2.05, 4.69) is 16.3 Å². The lowest BCUT2D eigenvalue weighted by Crippen LogP contribution is -2.33. The van der Waals surface area contributed by atoms with Gasteiger partial charge in [0.25, 0.3) is 10.0 Å². The highest BCUT2D eigenvalue weighted by Gasteiger charge is 2.39. The normalized spacial score (nSPS) is 17.9. The van der Waals surface area contributed by atoms with Crippen molar-refractivity contribution in [3.05, 3.63) is 72.3 Å². The zero-order valence-corrected chi connectivity index (χ0v) is 18.1. The van der Waals surface area contributed by atoms with Crippen LogP contribution >= 0.6 is 23.4 Å². The number of hydrogen-bond donors (Lipinski definition) is 1. The monoisotopic (exact) mass is 463 g/mol. The van der Waals surface area contributed by atoms with Gasteiger partial charge in [0.05, 0.1) is 4.90 Å². The van der Waals surface area contributed by atoms with E-state index < -0.39 is 21.2 Å². The van der Waals surface area contributed by atoms with Gasteiger partial charge < -0.3 is 5.32 Å². The summed E-state index contributed by atoms with van der Waals surface area (Å²) >= 11 is 6.75. The Morgan fingerprint density at radius 1 is 1.20 bits per heavy atom. The molecule has 0 aliphatic carbocycles. The number of nitrogens with one attached hydrogen (secondary N) is 1. The van der Waals surface area contributed by atoms with Crippen LogP contribution in [0, 0.1) is 0 Å². The van der Waals surface area contributed by atoms with Crippen LogP contribution in [-0.4, -0.2) is 42.1 Å². The first kappa shape index (κ1) is 22.1. The molecule has 2 aromatic rings. The fourth-order valence-corrected chi connectivity index (χ4v) is 5.16. The number of amidine groups is 1. The van der Waals surface area contributed by atoms with E-state index in [1.165, 1.54) is 35.2 Å². The third-order valence-electron chi connectivity index (χ3n) is 4.07. The maximum atomic E-state index is 12.7. The van der Waals surface area contributed by atoms with Gasteiger partial charge in [-0.05, 0) is 36.4 Å². The summed E-state index contributed by atoms with van der Waals surface area (Å²) in [6, 6.07) is 14.4. The summed E-state index contributed by atoms with van der Waals surface area (Å²) in [5.74, 6) is -0.749. The molecule has 1 heterocycles. The number of anilines is 1. The molecule has 0 aromatic heterocycles. The smallest absolute Gasteiger partial charge is 0.284 e. The number of carbonyl (C=O) groups is 2. The van der Waals surface area contributed by atoms with Crippen LogP contribution in [0.15, 0.2) is 76.5 Å². The summed E-state index contributed by atoms with van der Waals surface area (Å²) in [5, 5.41) is 2.33. The minimum atomic E-state index is -4.06. The molecule has 1 aliphatic heterocycles. The zero-order valence-electron chi connectivity index (χ0n) is 15.7. The molecule has 10 heteroatoms. The number of benzene rings is 2. The van der Waals surface area contributed by atoms with Gasteiger partial charge in [-0.15, -0.1) is 11.0 Å². The SMILES string of the molecule is C=CCN1C(=O)C(CC(=O)Nc2ccccc2)S/C1=N/S(=O)(=O)c1ccc(Cl)cc1. The van der Waals surface area contributed by atoms with Crippen LogP contribution < -0.4 is 5.32 Å². The highest BCUT2D eigenvalue weighted by molar-refractivity contribution is 8.16. The van der Waals surface area contributed by atoms with Crippen LogP contribution in [0.4, 0.5) is 5.69 Å². The molecule has 2 amide bonds. The van der Waals surface area contributed by atoms with Gasteiger partial charge in [0, 0.05) is 23.7 Å². The summed E-state index contributed by atoms with van der Waals surface area (Å²) in [6.07, 6.45) is 1.35. The summed E-state index contributed by atoms with van der Waals surface area (Å²) in [7, 11) is -4.06. The number of nitrogens with zero attached hydrogens (tertiary/aromatic N) is 2. The highest BCUT2D eigenvalue weighted by atomic mass is 35.5. The minimum Gasteiger partial charge on any atom is -0.326 e. The first-order valence-electron chi connectivity index (χ1n) is 8.84. The van der Waals surface area contributed by atoms with E-state index in [9.17, 15) is 18.0 Å². The molecular weight excluding hydrogens is 446 g/mol. The van der Waals surface area contributed by atoms with Crippen molar-refractivity contribution in [2.75, 3.05) is 11.9 Å². The lowest BCUT2D eigenvalue weighted by Gasteiger charge is -2.13. The van der Waals surface area contributed by atoms with Gasteiger partial charge in [-0.25, -0.2) is 0 Å². The molecule has 0 radical (unpaired) electrons. The second-order valence-electron chi connectivity index (χ2n) is 6.27. The predicted octanol–water partition coefficient (Wildman–Crippen LogP) is 3.54. The van der Waals surface area contributed by atoms with Crippen molar-refractivity contribution in [1.29, 1.82) is 0 Å². The molecule has 1 N–H and O–H groups in total. The van der Waals surface area contributed by atoms with E-state index in [-0.39, 0.29) is 28.9 Å². The number of halogens is 1. The molecule has 1 atom stereocenters. The molecule has 2 aromatic carbocycles. The number of carbonyl (C=O) groups excluding carboxylic acids is 2. The number of sulfonamides is 1. The van der Waals surface area contributed by atoms with Crippen LogP contribution in [0.1, 0.15) is 6.42 Å². The molecule has 0 spiro atoms. The van der Waals surface area contributed by atoms with Gasteiger partial charge in [0.2, 0.25) is 11.8 Å². The largest absolute Gasteiger partial charge is 0.326 e. The van der Waals surface area contributed by atoms with Crippen LogP contribution in [0.5, 0.6) is 0 Å². The van der Waals surface area contributed by atoms with Crippen molar-refractivity contribution in [3.63, 3.8) is 0 Å². The van der Waals surface area contributed by atoms with E-state index >= 15 is 0 Å². The molecular formula is C20H18ClN3O4S2. The molecule has 7 nitrogen and oxygen atoms in total. The zero-order chi connectivity index (χ0) is 21.7. The summed E-state index contributed by atoms with van der Waals surface area (Å²) in [5.41, 5.74) is 0.611. The van der Waals surface area contributed by atoms with Gasteiger partial charge in [-0.2, -0.15) is 8.42 Å². The van der Waals surface area contributed by atoms with Crippen molar-refractivity contribution >= 4 is 56.1 Å². The van der Waals surface area contributed by atoms with E-state index in [0.29, 0.717) is 10.7 Å². The summed E-state index contributed by atoms with van der Waals surface area (Å²) in [4.78, 5) is 26.3. The molecule has 0 saturated carbocycles. The Balaban J connectivity index is 1.80. The minimum absolute atomic E-state index is 0.00682. The fourth-order valence-electron chi connectivity index (χ4n) is 2.67. The standard InChI is InChI=1S/C20H18ClN3O4S2/c1-2-12-24-19(26)17(13-18(25)22-15-6-4-3-5-7-15)29-20(24)23-30(27,28)16-10-8-14(21)9-11-16/h2-11,17H,1,12-13H2,(H,22,25)/b23-20+. The van der Waals surface area contributed by atoms with Gasteiger partial charge in [0.15, 0.2) is 5.17 Å². The average Bonchev–Trinajstić information content (AvgIpc) is 2.97. The Morgan fingerprint density at radius 2 is 1.87 bits per heavy atom. The lowest BCUT2D eigenvalue weighted by atomic mass is 10.2. The molecule has 30 heavy (non-hydrogen) atoms. The van der Waals surface area contributed by atoms with Crippen molar-refractivity contribution in [1.82, 2.24) is 4.90 Å². The van der Waals surface area contributed by atoms with Crippen LogP contribution in [0.2, 0.25) is 5.02 Å². The van der Waals surface area contributed by atoms with Gasteiger partial charge in [-0.1, -0.05) is 47.6 Å². The number of hydrogen-bond acceptors (Lipinski definition) is 5. The fraction of sp³-hybridized carbons (Fsp3) is 0.150. The molecule has 1 saturated heterocycles. The van der Waals surface area contributed by atoms with E-state index in [1.54, 1.807) is 24.3 Å². The van der Waals surface area contributed by atoms with Crippen molar-refractivity contribution in [2.24, 2.45) is 4.40 Å². The van der Waals surface area contributed by atoms with Gasteiger partial charge in [0.1, 0.15) is 5.25 Å². The number of para-hydroxylation sites is 1. The van der Waals surface area contributed by atoms with Gasteiger partial charge >= 0.3 is 0 Å². The van der Waals surface area contributed by atoms with Gasteiger partial charge in [-0.3, -0.25) is 14.5 Å². The van der Waals surface area contributed by atoms with Crippen LogP contribution in [0.3, 0.4) is 0 Å². The molecule has 1 unspecified atom stereocenters. The Labute approximate surface area is 183 Å². The second-order valence-corrected chi connectivity index (χ2v) is 9.48. The van der Waals surface area contributed by atoms with Crippen molar-refractivity contribution in [3.8, 4) is 0 Å².